The Morgan fingerprint density at radius 3 is 2.61 bits per heavy atom. The van der Waals surface area contributed by atoms with E-state index in [0.29, 0.717) is 16.5 Å². The summed E-state index contributed by atoms with van der Waals surface area (Å²) in [4.78, 5) is 11.7. The first-order valence-corrected chi connectivity index (χ1v) is 5.61. The smallest absolute Gasteiger partial charge is 0.227 e. The molecule has 2 aromatic rings. The second-order valence-electron chi connectivity index (χ2n) is 3.56. The first kappa shape index (κ1) is 12.7. The van der Waals surface area contributed by atoms with Crippen molar-refractivity contribution < 1.29 is 13.9 Å². The van der Waals surface area contributed by atoms with Gasteiger partial charge in [0.05, 0.1) is 0 Å². The summed E-state index contributed by atoms with van der Waals surface area (Å²) in [6, 6.07) is 8.04. The highest BCUT2D eigenvalue weighted by molar-refractivity contribution is 6.30. The predicted octanol–water partition coefficient (Wildman–Crippen LogP) is 3.23. The van der Waals surface area contributed by atoms with Crippen molar-refractivity contribution in [3.63, 3.8) is 0 Å². The third-order valence-electron chi connectivity index (χ3n) is 2.18. The summed E-state index contributed by atoms with van der Waals surface area (Å²) in [6.45, 7) is 0.246. The molecule has 94 valence electrons. The van der Waals surface area contributed by atoms with Gasteiger partial charge < -0.3 is 13.9 Å². The van der Waals surface area contributed by atoms with Crippen molar-refractivity contribution in [2.75, 3.05) is 7.11 Å². The van der Waals surface area contributed by atoms with Crippen LogP contribution in [-0.2, 0) is 11.3 Å². The van der Waals surface area contributed by atoms with Gasteiger partial charge >= 0.3 is 0 Å². The number of ether oxygens (including phenoxy) is 2. The molecule has 0 spiro atoms. The maximum atomic E-state index is 11.7. The summed E-state index contributed by atoms with van der Waals surface area (Å²) < 4.78 is 15.5. The van der Waals surface area contributed by atoms with E-state index in [1.165, 1.54) is 19.4 Å². The van der Waals surface area contributed by atoms with E-state index in [1.807, 2.05) is 0 Å². The van der Waals surface area contributed by atoms with Crippen LogP contribution in [0.15, 0.2) is 45.8 Å². The highest BCUT2D eigenvalue weighted by atomic mass is 35.5. The monoisotopic (exact) mass is 266 g/mol. The van der Waals surface area contributed by atoms with E-state index < -0.39 is 0 Å². The molecule has 0 bridgehead atoms. The predicted molar refractivity (Wildman–Crippen MR) is 67.2 cm³/mol. The Hall–Kier alpha value is -1.78. The fourth-order valence-corrected chi connectivity index (χ4v) is 1.49. The van der Waals surface area contributed by atoms with E-state index in [9.17, 15) is 4.79 Å². The maximum absolute atomic E-state index is 11.7. The number of hydrogen-bond donors (Lipinski definition) is 0. The van der Waals surface area contributed by atoms with Gasteiger partial charge in [-0.2, -0.15) is 0 Å². The van der Waals surface area contributed by atoms with Crippen LogP contribution in [-0.4, -0.2) is 7.11 Å². The third-order valence-corrected chi connectivity index (χ3v) is 2.43. The van der Waals surface area contributed by atoms with E-state index in [2.05, 4.69) is 0 Å². The number of hydrogen-bond acceptors (Lipinski definition) is 4. The zero-order valence-corrected chi connectivity index (χ0v) is 10.4. The maximum Gasteiger partial charge on any atom is 0.227 e. The zero-order valence-electron chi connectivity index (χ0n) is 9.68. The van der Waals surface area contributed by atoms with Gasteiger partial charge in [-0.15, -0.1) is 0 Å². The van der Waals surface area contributed by atoms with Gasteiger partial charge in [-0.25, -0.2) is 0 Å². The van der Waals surface area contributed by atoms with Crippen LogP contribution in [0.4, 0.5) is 0 Å². The molecule has 0 saturated carbocycles. The molecule has 0 amide bonds. The number of halogens is 1. The van der Waals surface area contributed by atoms with Gasteiger partial charge in [-0.05, 0) is 24.3 Å². The zero-order chi connectivity index (χ0) is 13.0. The van der Waals surface area contributed by atoms with Crippen molar-refractivity contribution in [1.82, 2.24) is 0 Å². The summed E-state index contributed by atoms with van der Waals surface area (Å²) in [5.41, 5.74) is -0.261. The van der Waals surface area contributed by atoms with Crippen LogP contribution in [0, 0.1) is 0 Å². The SMILES string of the molecule is COCc1cc(=O)c(Oc2ccc(Cl)cc2)co1. The van der Waals surface area contributed by atoms with E-state index in [4.69, 9.17) is 25.5 Å². The van der Waals surface area contributed by atoms with Crippen molar-refractivity contribution in [2.24, 2.45) is 0 Å². The highest BCUT2D eigenvalue weighted by Crippen LogP contribution is 2.20. The van der Waals surface area contributed by atoms with Gasteiger partial charge in [0.2, 0.25) is 11.2 Å². The van der Waals surface area contributed by atoms with Crippen LogP contribution in [0.5, 0.6) is 11.5 Å². The second-order valence-corrected chi connectivity index (χ2v) is 4.00. The van der Waals surface area contributed by atoms with Crippen molar-refractivity contribution in [1.29, 1.82) is 0 Å². The van der Waals surface area contributed by atoms with Crippen LogP contribution in [0.3, 0.4) is 0 Å². The Balaban J connectivity index is 2.19. The molecule has 0 aliphatic heterocycles. The molecule has 0 N–H and O–H groups in total. The van der Waals surface area contributed by atoms with E-state index >= 15 is 0 Å². The second kappa shape index (κ2) is 5.71. The fraction of sp³-hybridized carbons (Fsp3) is 0.154. The summed E-state index contributed by atoms with van der Waals surface area (Å²) in [7, 11) is 1.53. The number of benzene rings is 1. The number of methoxy groups -OCH3 is 1. The van der Waals surface area contributed by atoms with Gasteiger partial charge in [-0.3, -0.25) is 4.79 Å². The summed E-state index contributed by atoms with van der Waals surface area (Å²) in [5, 5.41) is 0.602. The highest BCUT2D eigenvalue weighted by Gasteiger charge is 2.05. The van der Waals surface area contributed by atoms with E-state index in [1.54, 1.807) is 24.3 Å². The molecule has 1 aromatic heterocycles. The van der Waals surface area contributed by atoms with Gasteiger partial charge in [0, 0.05) is 18.2 Å². The van der Waals surface area contributed by atoms with E-state index in [0.717, 1.165) is 0 Å². The molecule has 18 heavy (non-hydrogen) atoms. The molecule has 5 heteroatoms. The standard InChI is InChI=1S/C13H11ClO4/c1-16-7-11-6-12(15)13(8-17-11)18-10-4-2-9(14)3-5-10/h2-6,8H,7H2,1H3. The van der Waals surface area contributed by atoms with Gasteiger partial charge in [0.1, 0.15) is 24.4 Å². The van der Waals surface area contributed by atoms with Crippen molar-refractivity contribution >= 4 is 11.6 Å². The Morgan fingerprint density at radius 1 is 1.28 bits per heavy atom. The minimum absolute atomic E-state index is 0.122. The topological polar surface area (TPSA) is 48.7 Å². The van der Waals surface area contributed by atoms with Crippen LogP contribution in [0.2, 0.25) is 5.02 Å². The summed E-state index contributed by atoms with van der Waals surface area (Å²) in [5.74, 6) is 1.09. The molecule has 0 aliphatic carbocycles. The van der Waals surface area contributed by atoms with Crippen molar-refractivity contribution in [3.05, 3.63) is 57.6 Å². The van der Waals surface area contributed by atoms with Crippen molar-refractivity contribution in [2.45, 2.75) is 6.61 Å². The lowest BCUT2D eigenvalue weighted by atomic mass is 10.3. The lowest BCUT2D eigenvalue weighted by Gasteiger charge is -2.05. The normalized spacial score (nSPS) is 10.3. The molecule has 4 nitrogen and oxygen atoms in total. The van der Waals surface area contributed by atoms with Gasteiger partial charge in [0.15, 0.2) is 0 Å². The fourth-order valence-electron chi connectivity index (χ4n) is 1.36. The Labute approximate surface area is 109 Å². The minimum atomic E-state index is -0.261. The molecule has 2 rings (SSSR count). The molecule has 0 atom stereocenters. The Bertz CT molecular complexity index is 574. The van der Waals surface area contributed by atoms with Crippen LogP contribution in [0.1, 0.15) is 5.76 Å². The minimum Gasteiger partial charge on any atom is -0.463 e. The van der Waals surface area contributed by atoms with Gasteiger partial charge in [-0.1, -0.05) is 11.6 Å². The van der Waals surface area contributed by atoms with Crippen molar-refractivity contribution in [3.8, 4) is 11.5 Å². The molecular weight excluding hydrogens is 256 g/mol. The quantitative estimate of drug-likeness (QED) is 0.852. The Morgan fingerprint density at radius 2 is 2.00 bits per heavy atom. The summed E-state index contributed by atoms with van der Waals surface area (Å²) >= 11 is 5.75. The lowest BCUT2D eigenvalue weighted by molar-refractivity contribution is 0.161. The third kappa shape index (κ3) is 3.12. The average Bonchev–Trinajstić information content (AvgIpc) is 2.36. The first-order chi connectivity index (χ1) is 8.69. The first-order valence-electron chi connectivity index (χ1n) is 5.23. The van der Waals surface area contributed by atoms with Crippen LogP contribution in [0.25, 0.3) is 0 Å². The number of rotatable bonds is 4. The molecule has 0 aliphatic rings. The Kier molecular flexibility index (Phi) is 4.02. The molecule has 0 fully saturated rings. The molecular formula is C13H11ClO4. The molecule has 0 unspecified atom stereocenters. The molecule has 1 aromatic carbocycles. The van der Waals surface area contributed by atoms with E-state index in [-0.39, 0.29) is 17.8 Å². The largest absolute Gasteiger partial charge is 0.463 e. The van der Waals surface area contributed by atoms with Crippen LogP contribution < -0.4 is 10.2 Å². The average molecular weight is 267 g/mol. The van der Waals surface area contributed by atoms with Crippen LogP contribution >= 0.6 is 11.6 Å². The molecule has 1 heterocycles. The lowest BCUT2D eigenvalue weighted by Crippen LogP contribution is -2.05. The molecule has 0 radical (unpaired) electrons. The summed E-state index contributed by atoms with van der Waals surface area (Å²) in [6.07, 6.45) is 1.27. The van der Waals surface area contributed by atoms with Gasteiger partial charge in [0.25, 0.3) is 0 Å². The molecule has 0 saturated heterocycles.